The van der Waals surface area contributed by atoms with Gasteiger partial charge in [0.15, 0.2) is 0 Å². The molecular weight excluding hydrogens is 240 g/mol. The van der Waals surface area contributed by atoms with E-state index in [2.05, 4.69) is 35.6 Å². The van der Waals surface area contributed by atoms with Crippen molar-refractivity contribution < 1.29 is 4.74 Å². The standard InChI is InChI=1S/C14H30N4O/c1-7-19-14(4)18(16-6)13(3)17-11-12(2)9-8-10-15-5/h8,10,12,14-17H,3,7,9,11H2,1-2,4-6H3/b10-8-. The Balaban J connectivity index is 4.09. The number of allylic oxidation sites excluding steroid dienone is 1. The number of rotatable bonds is 11. The molecule has 0 aromatic carbocycles. The lowest BCUT2D eigenvalue weighted by molar-refractivity contribution is -0.0481. The van der Waals surface area contributed by atoms with Crippen molar-refractivity contribution in [2.24, 2.45) is 5.92 Å². The summed E-state index contributed by atoms with van der Waals surface area (Å²) >= 11 is 0. The minimum atomic E-state index is -0.0468. The third kappa shape index (κ3) is 7.74. The molecule has 3 N–H and O–H groups in total. The van der Waals surface area contributed by atoms with Crippen molar-refractivity contribution in [1.82, 2.24) is 21.1 Å². The molecule has 0 saturated carbocycles. The van der Waals surface area contributed by atoms with Crippen molar-refractivity contribution in [3.8, 4) is 0 Å². The summed E-state index contributed by atoms with van der Waals surface area (Å²) in [6.07, 6.45) is 5.08. The number of hydrogen-bond acceptors (Lipinski definition) is 5. The monoisotopic (exact) mass is 270 g/mol. The first-order chi connectivity index (χ1) is 9.06. The maximum Gasteiger partial charge on any atom is 0.142 e. The molecule has 0 aromatic rings. The van der Waals surface area contributed by atoms with E-state index in [-0.39, 0.29) is 6.23 Å². The summed E-state index contributed by atoms with van der Waals surface area (Å²) in [6.45, 7) is 11.8. The summed E-state index contributed by atoms with van der Waals surface area (Å²) in [5, 5.41) is 8.21. The van der Waals surface area contributed by atoms with Gasteiger partial charge in [-0.1, -0.05) is 19.6 Å². The Morgan fingerprint density at radius 2 is 2.05 bits per heavy atom. The van der Waals surface area contributed by atoms with Gasteiger partial charge in [0.2, 0.25) is 0 Å². The summed E-state index contributed by atoms with van der Waals surface area (Å²) in [6, 6.07) is 0. The number of nitrogens with zero attached hydrogens (tertiary/aromatic N) is 1. The number of ether oxygens (including phenoxy) is 1. The van der Waals surface area contributed by atoms with Crippen LogP contribution in [-0.4, -0.2) is 38.5 Å². The first kappa shape index (κ1) is 17.8. The van der Waals surface area contributed by atoms with Crippen LogP contribution in [0.3, 0.4) is 0 Å². The second-order valence-electron chi connectivity index (χ2n) is 4.51. The zero-order chi connectivity index (χ0) is 14.7. The molecule has 0 radical (unpaired) electrons. The topological polar surface area (TPSA) is 48.6 Å². The van der Waals surface area contributed by atoms with Crippen LogP contribution in [0, 0.1) is 5.92 Å². The van der Waals surface area contributed by atoms with Gasteiger partial charge in [-0.3, -0.25) is 5.01 Å². The Morgan fingerprint density at radius 3 is 2.58 bits per heavy atom. The molecule has 0 bridgehead atoms. The van der Waals surface area contributed by atoms with E-state index in [0.29, 0.717) is 12.5 Å². The number of hydrazine groups is 1. The van der Waals surface area contributed by atoms with Crippen LogP contribution < -0.4 is 16.1 Å². The second kappa shape index (κ2) is 10.7. The van der Waals surface area contributed by atoms with Crippen molar-refractivity contribution in [1.29, 1.82) is 0 Å². The normalized spacial score (nSPS) is 14.2. The van der Waals surface area contributed by atoms with Gasteiger partial charge in [0.25, 0.3) is 0 Å². The Labute approximate surface area is 118 Å². The maximum absolute atomic E-state index is 5.55. The van der Waals surface area contributed by atoms with Crippen LogP contribution in [0.4, 0.5) is 0 Å². The van der Waals surface area contributed by atoms with E-state index in [9.17, 15) is 0 Å². The Hall–Kier alpha value is -1.20. The third-order valence-corrected chi connectivity index (χ3v) is 2.78. The largest absolute Gasteiger partial charge is 0.394 e. The van der Waals surface area contributed by atoms with Gasteiger partial charge in [-0.05, 0) is 32.4 Å². The van der Waals surface area contributed by atoms with Crippen LogP contribution in [0.1, 0.15) is 27.2 Å². The van der Waals surface area contributed by atoms with E-state index >= 15 is 0 Å². The first-order valence-corrected chi connectivity index (χ1v) is 6.90. The molecule has 0 fully saturated rings. The van der Waals surface area contributed by atoms with Crippen molar-refractivity contribution in [3.63, 3.8) is 0 Å². The van der Waals surface area contributed by atoms with Gasteiger partial charge in [-0.25, -0.2) is 5.43 Å². The molecule has 0 heterocycles. The van der Waals surface area contributed by atoms with Crippen LogP contribution in [-0.2, 0) is 4.74 Å². The van der Waals surface area contributed by atoms with E-state index in [4.69, 9.17) is 4.74 Å². The maximum atomic E-state index is 5.55. The molecule has 2 unspecified atom stereocenters. The summed E-state index contributed by atoms with van der Waals surface area (Å²) in [4.78, 5) is 0. The zero-order valence-electron chi connectivity index (χ0n) is 13.0. The van der Waals surface area contributed by atoms with Gasteiger partial charge < -0.3 is 15.4 Å². The predicted octanol–water partition coefficient (Wildman–Crippen LogP) is 1.63. The molecule has 2 atom stereocenters. The highest BCUT2D eigenvalue weighted by molar-refractivity contribution is 4.91. The van der Waals surface area contributed by atoms with Crippen molar-refractivity contribution in [3.05, 3.63) is 24.7 Å². The van der Waals surface area contributed by atoms with Gasteiger partial charge in [0, 0.05) is 27.2 Å². The molecule has 0 amide bonds. The predicted molar refractivity (Wildman–Crippen MR) is 81.1 cm³/mol. The number of nitrogens with one attached hydrogen (secondary N) is 3. The fraction of sp³-hybridized carbons (Fsp3) is 0.714. The van der Waals surface area contributed by atoms with Gasteiger partial charge >= 0.3 is 0 Å². The van der Waals surface area contributed by atoms with Crippen LogP contribution >= 0.6 is 0 Å². The summed E-state index contributed by atoms with van der Waals surface area (Å²) in [7, 11) is 3.77. The minimum absolute atomic E-state index is 0.0468. The lowest BCUT2D eigenvalue weighted by atomic mass is 10.1. The first-order valence-electron chi connectivity index (χ1n) is 6.90. The van der Waals surface area contributed by atoms with Gasteiger partial charge in [0.1, 0.15) is 12.0 Å². The van der Waals surface area contributed by atoms with Crippen LogP contribution in [0.25, 0.3) is 0 Å². The highest BCUT2D eigenvalue weighted by atomic mass is 16.5. The van der Waals surface area contributed by atoms with Gasteiger partial charge in [-0.15, -0.1) is 0 Å². The van der Waals surface area contributed by atoms with E-state index in [0.717, 1.165) is 18.8 Å². The summed E-state index contributed by atoms with van der Waals surface area (Å²) in [5.41, 5.74) is 3.08. The van der Waals surface area contributed by atoms with Gasteiger partial charge in [-0.2, -0.15) is 0 Å². The van der Waals surface area contributed by atoms with Crippen molar-refractivity contribution in [2.75, 3.05) is 27.2 Å². The van der Waals surface area contributed by atoms with E-state index < -0.39 is 0 Å². The fourth-order valence-electron chi connectivity index (χ4n) is 1.73. The van der Waals surface area contributed by atoms with Gasteiger partial charge in [0.05, 0.1) is 0 Å². The molecule has 5 nitrogen and oxygen atoms in total. The molecule has 0 rings (SSSR count). The highest BCUT2D eigenvalue weighted by Gasteiger charge is 2.14. The summed E-state index contributed by atoms with van der Waals surface area (Å²) < 4.78 is 5.55. The Morgan fingerprint density at radius 1 is 1.37 bits per heavy atom. The smallest absolute Gasteiger partial charge is 0.142 e. The molecule has 0 aliphatic carbocycles. The third-order valence-electron chi connectivity index (χ3n) is 2.78. The SMILES string of the molecule is C=C(NCC(C)C/C=C\NC)N(NC)C(C)OCC. The summed E-state index contributed by atoms with van der Waals surface area (Å²) in [5.74, 6) is 1.37. The quantitative estimate of drug-likeness (QED) is 0.393. The fourth-order valence-corrected chi connectivity index (χ4v) is 1.73. The van der Waals surface area contributed by atoms with E-state index in [1.54, 1.807) is 0 Å². The lowest BCUT2D eigenvalue weighted by Crippen LogP contribution is -2.46. The highest BCUT2D eigenvalue weighted by Crippen LogP contribution is 2.06. The molecular formula is C14H30N4O. The second-order valence-corrected chi connectivity index (χ2v) is 4.51. The van der Waals surface area contributed by atoms with Crippen LogP contribution in [0.5, 0.6) is 0 Å². The molecule has 112 valence electrons. The zero-order valence-corrected chi connectivity index (χ0v) is 13.0. The van der Waals surface area contributed by atoms with E-state index in [1.165, 1.54) is 0 Å². The molecule has 0 aliphatic rings. The van der Waals surface area contributed by atoms with E-state index in [1.807, 2.05) is 39.2 Å². The molecule has 5 heteroatoms. The average Bonchev–Trinajstić information content (AvgIpc) is 2.38. The molecule has 0 spiro atoms. The molecule has 19 heavy (non-hydrogen) atoms. The van der Waals surface area contributed by atoms with Crippen LogP contribution in [0.2, 0.25) is 0 Å². The Bertz CT molecular complexity index is 268. The van der Waals surface area contributed by atoms with Crippen molar-refractivity contribution >= 4 is 0 Å². The lowest BCUT2D eigenvalue weighted by Gasteiger charge is -2.32. The van der Waals surface area contributed by atoms with Crippen molar-refractivity contribution in [2.45, 2.75) is 33.4 Å². The molecule has 0 aliphatic heterocycles. The molecule has 0 saturated heterocycles. The number of hydrogen-bond donors (Lipinski definition) is 3. The molecule has 0 aromatic heterocycles. The van der Waals surface area contributed by atoms with Crippen LogP contribution in [0.15, 0.2) is 24.7 Å². The minimum Gasteiger partial charge on any atom is -0.394 e. The average molecular weight is 270 g/mol. The Kier molecular flexibility index (Phi) is 10.0.